The third kappa shape index (κ3) is 10.8. The topological polar surface area (TPSA) is 339 Å². The van der Waals surface area contributed by atoms with Gasteiger partial charge in [-0.2, -0.15) is 0 Å². The Balaban J connectivity index is 1.14. The number of hydrogen-bond acceptors (Lipinski definition) is 14. The number of amides is 8. The normalized spacial score (nSPS) is 28.2. The van der Waals surface area contributed by atoms with E-state index in [1.807, 2.05) is 0 Å². The van der Waals surface area contributed by atoms with E-state index in [4.69, 9.17) is 16.6 Å². The summed E-state index contributed by atoms with van der Waals surface area (Å²) in [5, 5.41) is 47.2. The third-order valence-electron chi connectivity index (χ3n) is 11.8. The number of nitrogens with zero attached hydrogens (tertiary/aromatic N) is 5. The van der Waals surface area contributed by atoms with Gasteiger partial charge in [0.15, 0.2) is 0 Å². The van der Waals surface area contributed by atoms with Crippen molar-refractivity contribution in [3.8, 4) is 0 Å². The molecule has 334 valence electrons. The lowest BCUT2D eigenvalue weighted by atomic mass is 10.1. The molecule has 0 saturated carbocycles. The number of carbonyl (C=O) groups excluding carboxylic acids is 8. The van der Waals surface area contributed by atoms with Crippen molar-refractivity contribution >= 4 is 53.2 Å². The minimum atomic E-state index is -1.29. The number of aliphatic hydroxyl groups excluding tert-OH is 3. The third-order valence-corrected chi connectivity index (χ3v) is 11.8. The van der Waals surface area contributed by atoms with Crippen LogP contribution >= 0.6 is 0 Å². The van der Waals surface area contributed by atoms with Crippen LogP contribution in [0, 0.1) is 0 Å². The highest BCUT2D eigenvalue weighted by Crippen LogP contribution is 2.28. The number of hydrogen-bond donors (Lipinski definition) is 9. The Morgan fingerprint density at radius 2 is 0.967 bits per heavy atom. The first kappa shape index (κ1) is 46.1. The van der Waals surface area contributed by atoms with Crippen molar-refractivity contribution in [2.45, 2.75) is 119 Å². The molecule has 0 aromatic carbocycles. The molecular weight excluding hydrogens is 792 g/mol. The summed E-state index contributed by atoms with van der Waals surface area (Å²) in [6.07, 6.45) is -0.361. The second-order valence-electron chi connectivity index (χ2n) is 16.1. The van der Waals surface area contributed by atoms with Gasteiger partial charge < -0.3 is 72.3 Å². The number of unbranched alkanes of at least 4 members (excludes halogenated alkanes) is 1. The highest BCUT2D eigenvalue weighted by molar-refractivity contribution is 5.97. The standard InChI is InChI=1S/C37H58N10O13/c38-8-2-1-5-23(39)35(58)45-17-20(48)11-26(45)32(55)40-14-29(51)43-9-3-6-24(43)36(59)46-18-21(49)12-27(46)33(56)41-15-30(52)44-10-4-7-25(44)37(60)47-19-22(50)13-28(47)34(57)42-16-31(53)54/h20-28,48-50H,1-19,38-39H2,(H,40,55)(H,41,56)(H,42,57)(H,53,54)/t20-,21-,22-,23+,24+,25+,26+,27+,28+/m1/s1. The maximum Gasteiger partial charge on any atom is 0.322 e. The molecule has 23 heteroatoms. The van der Waals surface area contributed by atoms with Crippen LogP contribution in [0.2, 0.25) is 0 Å². The largest absolute Gasteiger partial charge is 0.480 e. The zero-order valence-corrected chi connectivity index (χ0v) is 33.5. The van der Waals surface area contributed by atoms with Gasteiger partial charge in [-0.3, -0.25) is 43.2 Å². The predicted octanol–water partition coefficient (Wildman–Crippen LogP) is -6.26. The van der Waals surface area contributed by atoms with Gasteiger partial charge in [-0.25, -0.2) is 0 Å². The fraction of sp³-hybridized carbons (Fsp3) is 0.757. The van der Waals surface area contributed by atoms with E-state index < -0.39 is 127 Å². The lowest BCUT2D eigenvalue weighted by Gasteiger charge is -2.32. The number of likely N-dealkylation sites (tertiary alicyclic amines) is 5. The smallest absolute Gasteiger partial charge is 0.322 e. The second kappa shape index (κ2) is 20.5. The Bertz CT molecular complexity index is 1670. The summed E-state index contributed by atoms with van der Waals surface area (Å²) >= 11 is 0. The molecule has 9 atom stereocenters. The van der Waals surface area contributed by atoms with Crippen LogP contribution in [0.25, 0.3) is 0 Å². The molecule has 0 unspecified atom stereocenters. The molecule has 5 saturated heterocycles. The summed E-state index contributed by atoms with van der Waals surface area (Å²) in [6, 6.07) is -6.28. The van der Waals surface area contributed by atoms with Crippen molar-refractivity contribution in [2.75, 3.05) is 58.9 Å². The highest BCUT2D eigenvalue weighted by atomic mass is 16.4. The van der Waals surface area contributed by atoms with Crippen molar-refractivity contribution in [2.24, 2.45) is 11.5 Å². The van der Waals surface area contributed by atoms with Crippen LogP contribution in [0.4, 0.5) is 0 Å². The molecule has 5 aliphatic rings. The molecule has 0 radical (unpaired) electrons. The Hall–Kier alpha value is -4.97. The van der Waals surface area contributed by atoms with Gasteiger partial charge >= 0.3 is 5.97 Å². The van der Waals surface area contributed by atoms with Gasteiger partial charge in [-0.15, -0.1) is 0 Å². The SMILES string of the molecule is NCCCC[C@H](N)C(=O)N1C[C@H](O)C[C@H]1C(=O)NCC(=O)N1CCC[C@H]1C(=O)N1C[C@H](O)C[C@H]1C(=O)NCC(=O)N1CCC[C@H]1C(=O)N1C[C@H](O)C[C@H]1C(=O)NCC(=O)O. The molecule has 0 spiro atoms. The molecule has 5 heterocycles. The Morgan fingerprint density at radius 1 is 0.567 bits per heavy atom. The van der Waals surface area contributed by atoms with E-state index in [1.165, 1.54) is 14.7 Å². The van der Waals surface area contributed by atoms with E-state index in [-0.39, 0.29) is 64.8 Å². The number of aliphatic carboxylic acids is 1. The quantitative estimate of drug-likeness (QED) is 0.0653. The van der Waals surface area contributed by atoms with Crippen molar-refractivity contribution in [3.05, 3.63) is 0 Å². The minimum Gasteiger partial charge on any atom is -0.480 e. The van der Waals surface area contributed by atoms with Crippen molar-refractivity contribution in [1.82, 2.24) is 40.4 Å². The fourth-order valence-corrected chi connectivity index (χ4v) is 8.83. The lowest BCUT2D eigenvalue weighted by molar-refractivity contribution is -0.148. The lowest BCUT2D eigenvalue weighted by Crippen LogP contribution is -2.56. The molecular formula is C37H58N10O13. The predicted molar refractivity (Wildman–Crippen MR) is 205 cm³/mol. The number of carboxylic acids is 1. The number of carboxylic acid groups (broad SMARTS) is 1. The number of β-amino-alcohol motifs (C(OH)–C–C–N with tert-alkyl or cyclic N) is 3. The first-order valence-electron chi connectivity index (χ1n) is 20.6. The first-order chi connectivity index (χ1) is 28.5. The van der Waals surface area contributed by atoms with Crippen LogP contribution in [-0.4, -0.2) is 212 Å². The van der Waals surface area contributed by atoms with Crippen LogP contribution in [0.3, 0.4) is 0 Å². The molecule has 5 rings (SSSR count). The Labute approximate surface area is 346 Å². The van der Waals surface area contributed by atoms with Gasteiger partial charge in [0.2, 0.25) is 47.3 Å². The minimum absolute atomic E-state index is 0.0448. The van der Waals surface area contributed by atoms with Crippen LogP contribution in [0.15, 0.2) is 0 Å². The zero-order chi connectivity index (χ0) is 43.8. The van der Waals surface area contributed by atoms with Crippen molar-refractivity contribution in [3.63, 3.8) is 0 Å². The number of aliphatic hydroxyl groups is 3. The van der Waals surface area contributed by atoms with Crippen LogP contribution in [0.5, 0.6) is 0 Å². The molecule has 0 aromatic rings. The number of rotatable bonds is 16. The van der Waals surface area contributed by atoms with E-state index in [0.717, 1.165) is 9.80 Å². The highest BCUT2D eigenvalue weighted by Gasteiger charge is 2.47. The van der Waals surface area contributed by atoms with E-state index >= 15 is 0 Å². The molecule has 0 bridgehead atoms. The maximum absolute atomic E-state index is 13.9. The van der Waals surface area contributed by atoms with Crippen LogP contribution in [0.1, 0.15) is 64.2 Å². The van der Waals surface area contributed by atoms with Gasteiger partial charge in [-0.05, 0) is 45.1 Å². The van der Waals surface area contributed by atoms with E-state index in [0.29, 0.717) is 38.6 Å². The molecule has 11 N–H and O–H groups in total. The fourth-order valence-electron chi connectivity index (χ4n) is 8.83. The molecule has 60 heavy (non-hydrogen) atoms. The van der Waals surface area contributed by atoms with Crippen LogP contribution < -0.4 is 27.4 Å². The first-order valence-corrected chi connectivity index (χ1v) is 20.6. The molecule has 23 nitrogen and oxygen atoms in total. The monoisotopic (exact) mass is 850 g/mol. The molecule has 5 aliphatic heterocycles. The van der Waals surface area contributed by atoms with Crippen LogP contribution in [-0.2, 0) is 43.2 Å². The molecule has 0 aliphatic carbocycles. The van der Waals surface area contributed by atoms with E-state index in [1.54, 1.807) is 0 Å². The summed E-state index contributed by atoms with van der Waals surface area (Å²) in [7, 11) is 0. The maximum atomic E-state index is 13.9. The van der Waals surface area contributed by atoms with Gasteiger partial charge in [-0.1, -0.05) is 6.42 Å². The van der Waals surface area contributed by atoms with Gasteiger partial charge in [0, 0.05) is 52.0 Å². The van der Waals surface area contributed by atoms with Gasteiger partial charge in [0.1, 0.15) is 36.8 Å². The number of nitrogens with two attached hydrogens (primary N) is 2. The summed E-state index contributed by atoms with van der Waals surface area (Å²) in [5.41, 5.74) is 11.6. The van der Waals surface area contributed by atoms with E-state index in [2.05, 4.69) is 16.0 Å². The second-order valence-corrected chi connectivity index (χ2v) is 16.1. The Morgan fingerprint density at radius 3 is 1.38 bits per heavy atom. The van der Waals surface area contributed by atoms with Crippen molar-refractivity contribution in [1.29, 1.82) is 0 Å². The summed E-state index contributed by atoms with van der Waals surface area (Å²) in [4.78, 5) is 124. The average molecular weight is 851 g/mol. The van der Waals surface area contributed by atoms with Crippen molar-refractivity contribution < 1.29 is 63.6 Å². The van der Waals surface area contributed by atoms with Gasteiger partial charge in [0.05, 0.1) is 37.4 Å². The summed E-state index contributed by atoms with van der Waals surface area (Å²) < 4.78 is 0. The molecule has 8 amide bonds. The summed E-state index contributed by atoms with van der Waals surface area (Å²) in [5.74, 6) is -6.36. The zero-order valence-electron chi connectivity index (χ0n) is 33.5. The van der Waals surface area contributed by atoms with E-state index in [9.17, 15) is 58.5 Å². The summed E-state index contributed by atoms with van der Waals surface area (Å²) in [6.45, 7) is -1.45. The van der Waals surface area contributed by atoms with Gasteiger partial charge in [0.25, 0.3) is 0 Å². The number of carbonyl (C=O) groups is 9. The number of nitrogens with one attached hydrogen (secondary N) is 3. The average Bonchev–Trinajstić information content (AvgIpc) is 4.07. The molecule has 5 fully saturated rings. The molecule has 0 aromatic heterocycles. The Kier molecular flexibility index (Phi) is 15.8.